The minimum absolute atomic E-state index is 0.268. The molecule has 2 aromatic heterocycles. The molecular formula is C10H11N5O3. The van der Waals surface area contributed by atoms with E-state index in [1.807, 2.05) is 6.92 Å². The monoisotopic (exact) mass is 249 g/mol. The number of hydrogen-bond donors (Lipinski definition) is 0. The van der Waals surface area contributed by atoms with E-state index in [2.05, 4.69) is 10.2 Å². The molecule has 8 heteroatoms. The number of carbonyl (C=O) groups excluding carboxylic acids is 1. The highest BCUT2D eigenvalue weighted by atomic mass is 16.6. The van der Waals surface area contributed by atoms with E-state index in [1.165, 1.54) is 10.7 Å². The highest BCUT2D eigenvalue weighted by Gasteiger charge is 2.21. The Labute approximate surface area is 102 Å². The smallest absolute Gasteiger partial charge is 0.358 e. The van der Waals surface area contributed by atoms with Gasteiger partial charge in [0.15, 0.2) is 6.29 Å². The van der Waals surface area contributed by atoms with E-state index in [0.29, 0.717) is 29.8 Å². The molecule has 0 fully saturated rings. The van der Waals surface area contributed by atoms with Gasteiger partial charge in [-0.3, -0.25) is 9.48 Å². The molecule has 0 aliphatic carbocycles. The van der Waals surface area contributed by atoms with Gasteiger partial charge in [-0.25, -0.2) is 0 Å². The number of nitro groups is 1. The maximum atomic E-state index is 11.0. The first-order valence-corrected chi connectivity index (χ1v) is 5.28. The van der Waals surface area contributed by atoms with Gasteiger partial charge in [0.1, 0.15) is 11.4 Å². The van der Waals surface area contributed by atoms with Crippen molar-refractivity contribution in [2.24, 2.45) is 7.05 Å². The minimum atomic E-state index is -0.582. The summed E-state index contributed by atoms with van der Waals surface area (Å²) in [4.78, 5) is 21.0. The van der Waals surface area contributed by atoms with Crippen LogP contribution in [-0.4, -0.2) is 30.8 Å². The van der Waals surface area contributed by atoms with E-state index >= 15 is 0 Å². The van der Waals surface area contributed by atoms with Crippen LogP contribution in [-0.2, 0) is 13.6 Å². The first-order valence-electron chi connectivity index (χ1n) is 5.28. The fraction of sp³-hybridized carbons (Fsp3) is 0.300. The van der Waals surface area contributed by atoms with Crippen LogP contribution in [0.25, 0.3) is 11.4 Å². The van der Waals surface area contributed by atoms with Crippen LogP contribution in [0.4, 0.5) is 5.82 Å². The predicted molar refractivity (Wildman–Crippen MR) is 62.1 cm³/mol. The molecule has 2 rings (SSSR count). The Morgan fingerprint density at radius 1 is 1.50 bits per heavy atom. The molecule has 0 N–H and O–H groups in total. The first kappa shape index (κ1) is 12.0. The molecule has 2 aromatic rings. The van der Waals surface area contributed by atoms with Crippen LogP contribution in [0.15, 0.2) is 12.3 Å². The summed E-state index contributed by atoms with van der Waals surface area (Å²) in [7, 11) is 1.57. The molecule has 2 heterocycles. The van der Waals surface area contributed by atoms with E-state index < -0.39 is 4.92 Å². The Morgan fingerprint density at radius 3 is 2.72 bits per heavy atom. The van der Waals surface area contributed by atoms with E-state index in [4.69, 9.17) is 0 Å². The van der Waals surface area contributed by atoms with E-state index in [1.54, 1.807) is 17.9 Å². The van der Waals surface area contributed by atoms with Gasteiger partial charge in [0.05, 0.1) is 23.8 Å². The molecule has 0 aromatic carbocycles. The zero-order valence-corrected chi connectivity index (χ0v) is 9.90. The number of carbonyl (C=O) groups is 1. The minimum Gasteiger partial charge on any atom is -0.358 e. The average molecular weight is 249 g/mol. The van der Waals surface area contributed by atoms with E-state index in [9.17, 15) is 14.9 Å². The van der Waals surface area contributed by atoms with E-state index in [-0.39, 0.29) is 5.82 Å². The summed E-state index contributed by atoms with van der Waals surface area (Å²) < 4.78 is 2.94. The number of aromatic nitrogens is 4. The SMILES string of the molecule is CCn1cc(C=O)c(-c2cc([N+](=O)[O-])nn2C)n1. The van der Waals surface area contributed by atoms with Crippen LogP contribution in [0.1, 0.15) is 17.3 Å². The highest BCUT2D eigenvalue weighted by molar-refractivity contribution is 5.84. The van der Waals surface area contributed by atoms with Gasteiger partial charge in [-0.2, -0.15) is 9.78 Å². The summed E-state index contributed by atoms with van der Waals surface area (Å²) in [6, 6.07) is 1.30. The van der Waals surface area contributed by atoms with Crippen molar-refractivity contribution in [3.8, 4) is 11.4 Å². The second kappa shape index (κ2) is 4.40. The van der Waals surface area contributed by atoms with Crippen molar-refractivity contribution in [2.75, 3.05) is 0 Å². The zero-order chi connectivity index (χ0) is 13.3. The summed E-state index contributed by atoms with van der Waals surface area (Å²) in [6.07, 6.45) is 2.27. The molecule has 0 atom stereocenters. The fourth-order valence-electron chi connectivity index (χ4n) is 1.65. The fourth-order valence-corrected chi connectivity index (χ4v) is 1.65. The lowest BCUT2D eigenvalue weighted by atomic mass is 10.2. The molecule has 0 aliphatic heterocycles. The van der Waals surface area contributed by atoms with Crippen molar-refractivity contribution >= 4 is 12.1 Å². The third-order valence-corrected chi connectivity index (χ3v) is 2.54. The van der Waals surface area contributed by atoms with E-state index in [0.717, 1.165) is 0 Å². The lowest BCUT2D eigenvalue weighted by Gasteiger charge is -1.94. The topological polar surface area (TPSA) is 95.9 Å². The molecular weight excluding hydrogens is 238 g/mol. The third kappa shape index (κ3) is 1.88. The van der Waals surface area contributed by atoms with Gasteiger partial charge >= 0.3 is 5.82 Å². The van der Waals surface area contributed by atoms with Crippen molar-refractivity contribution in [3.05, 3.63) is 27.9 Å². The number of rotatable bonds is 4. The third-order valence-electron chi connectivity index (χ3n) is 2.54. The standard InChI is InChI=1S/C10H11N5O3/c1-3-14-5-7(6-16)10(12-14)8-4-9(15(17)18)11-13(8)2/h4-6H,3H2,1-2H3. The second-order valence-electron chi connectivity index (χ2n) is 3.68. The predicted octanol–water partition coefficient (Wildman–Crippen LogP) is 1.02. The molecule has 0 saturated carbocycles. The van der Waals surface area contributed by atoms with Crippen LogP contribution >= 0.6 is 0 Å². The number of nitrogens with zero attached hydrogens (tertiary/aromatic N) is 5. The van der Waals surface area contributed by atoms with Crippen molar-refractivity contribution in [1.82, 2.24) is 19.6 Å². The van der Waals surface area contributed by atoms with Gasteiger partial charge in [-0.15, -0.1) is 0 Å². The molecule has 0 radical (unpaired) electrons. The lowest BCUT2D eigenvalue weighted by Crippen LogP contribution is -1.98. The quantitative estimate of drug-likeness (QED) is 0.458. The first-order chi connectivity index (χ1) is 8.56. The van der Waals surface area contributed by atoms with Crippen molar-refractivity contribution < 1.29 is 9.72 Å². The Kier molecular flexibility index (Phi) is 2.92. The van der Waals surface area contributed by atoms with Crippen molar-refractivity contribution in [1.29, 1.82) is 0 Å². The van der Waals surface area contributed by atoms with Gasteiger partial charge < -0.3 is 10.1 Å². The Morgan fingerprint density at radius 2 is 2.22 bits per heavy atom. The number of aryl methyl sites for hydroxylation is 2. The molecule has 18 heavy (non-hydrogen) atoms. The van der Waals surface area contributed by atoms with Crippen LogP contribution < -0.4 is 0 Å². The number of aldehydes is 1. The van der Waals surface area contributed by atoms with Crippen LogP contribution in [0.3, 0.4) is 0 Å². The van der Waals surface area contributed by atoms with Crippen molar-refractivity contribution in [2.45, 2.75) is 13.5 Å². The zero-order valence-electron chi connectivity index (χ0n) is 9.90. The largest absolute Gasteiger partial charge is 0.390 e. The summed E-state index contributed by atoms with van der Waals surface area (Å²) in [6.45, 7) is 2.50. The molecule has 0 saturated heterocycles. The second-order valence-corrected chi connectivity index (χ2v) is 3.68. The van der Waals surface area contributed by atoms with Gasteiger partial charge in [-0.1, -0.05) is 0 Å². The van der Waals surface area contributed by atoms with Gasteiger partial charge in [0, 0.05) is 12.7 Å². The summed E-state index contributed by atoms with van der Waals surface area (Å²) in [5.41, 5.74) is 1.22. The highest BCUT2D eigenvalue weighted by Crippen LogP contribution is 2.24. The average Bonchev–Trinajstić information content (AvgIpc) is 2.91. The molecule has 0 bridgehead atoms. The molecule has 8 nitrogen and oxygen atoms in total. The van der Waals surface area contributed by atoms with Gasteiger partial charge in [0.2, 0.25) is 0 Å². The van der Waals surface area contributed by atoms with Gasteiger partial charge in [0.25, 0.3) is 0 Å². The summed E-state index contributed by atoms with van der Waals surface area (Å²) in [5.74, 6) is -0.268. The van der Waals surface area contributed by atoms with Crippen LogP contribution in [0.2, 0.25) is 0 Å². The Bertz CT molecular complexity index is 613. The van der Waals surface area contributed by atoms with Gasteiger partial charge in [-0.05, 0) is 11.8 Å². The Hall–Kier alpha value is -2.51. The summed E-state index contributed by atoms with van der Waals surface area (Å²) in [5, 5.41) is 18.6. The molecule has 0 aliphatic rings. The van der Waals surface area contributed by atoms with Crippen molar-refractivity contribution in [3.63, 3.8) is 0 Å². The number of hydrogen-bond acceptors (Lipinski definition) is 5. The maximum Gasteiger partial charge on any atom is 0.390 e. The van der Waals surface area contributed by atoms with Crippen LogP contribution in [0.5, 0.6) is 0 Å². The molecule has 0 spiro atoms. The Balaban J connectivity index is 2.57. The molecule has 0 amide bonds. The normalized spacial score (nSPS) is 10.6. The maximum absolute atomic E-state index is 11.0. The molecule has 0 unspecified atom stereocenters. The summed E-state index contributed by atoms with van der Waals surface area (Å²) >= 11 is 0. The molecule has 94 valence electrons. The lowest BCUT2D eigenvalue weighted by molar-refractivity contribution is -0.389. The van der Waals surface area contributed by atoms with Crippen LogP contribution in [0, 0.1) is 10.1 Å².